The fourth-order valence-corrected chi connectivity index (χ4v) is 4.09. The average molecular weight is 486 g/mol. The van der Waals surface area contributed by atoms with Gasteiger partial charge >= 0.3 is 0 Å². The smallest absolute Gasteiger partial charge is 0.261 e. The Hall–Kier alpha value is -3.92. The Morgan fingerprint density at radius 1 is 0.971 bits per heavy atom. The molecule has 2 N–H and O–H groups in total. The van der Waals surface area contributed by atoms with Gasteiger partial charge in [-0.2, -0.15) is 0 Å². The van der Waals surface area contributed by atoms with Gasteiger partial charge in [-0.15, -0.1) is 0 Å². The Morgan fingerprint density at radius 3 is 2.29 bits per heavy atom. The van der Waals surface area contributed by atoms with Crippen molar-refractivity contribution >= 4 is 33.2 Å². The summed E-state index contributed by atoms with van der Waals surface area (Å²) in [5, 5.41) is 2.71. The van der Waals surface area contributed by atoms with Gasteiger partial charge in [-0.25, -0.2) is 12.8 Å². The number of benzene rings is 3. The third kappa shape index (κ3) is 6.79. The van der Waals surface area contributed by atoms with E-state index in [1.54, 1.807) is 36.4 Å². The molecule has 0 radical (unpaired) electrons. The topological polar surface area (TPSA) is 105 Å². The van der Waals surface area contributed by atoms with E-state index in [1.165, 1.54) is 43.3 Å². The summed E-state index contributed by atoms with van der Waals surface area (Å²) in [7, 11) is -0.813. The highest BCUT2D eigenvalue weighted by Crippen LogP contribution is 2.18. The number of amides is 2. The van der Waals surface area contributed by atoms with Crippen LogP contribution in [0, 0.1) is 5.82 Å². The summed E-state index contributed by atoms with van der Waals surface area (Å²) in [6, 6.07) is 17.6. The lowest BCUT2D eigenvalue weighted by atomic mass is 10.1. The van der Waals surface area contributed by atoms with Crippen molar-refractivity contribution in [1.82, 2.24) is 4.90 Å². The van der Waals surface area contributed by atoms with Gasteiger partial charge < -0.3 is 15.0 Å². The minimum atomic E-state index is -3.87. The van der Waals surface area contributed by atoms with Crippen molar-refractivity contribution in [3.63, 3.8) is 0 Å². The highest BCUT2D eigenvalue weighted by Gasteiger charge is 2.16. The monoisotopic (exact) mass is 485 g/mol. The zero-order valence-electron chi connectivity index (χ0n) is 18.6. The molecule has 34 heavy (non-hydrogen) atoms. The van der Waals surface area contributed by atoms with Gasteiger partial charge in [0.15, 0.2) is 0 Å². The second-order valence-electron chi connectivity index (χ2n) is 7.46. The summed E-state index contributed by atoms with van der Waals surface area (Å²) >= 11 is 0. The molecule has 0 aromatic heterocycles. The van der Waals surface area contributed by atoms with E-state index < -0.39 is 15.8 Å². The van der Waals surface area contributed by atoms with Gasteiger partial charge in [0.25, 0.3) is 10.0 Å². The van der Waals surface area contributed by atoms with Crippen molar-refractivity contribution in [3.05, 3.63) is 84.2 Å². The second kappa shape index (κ2) is 10.8. The predicted molar refractivity (Wildman–Crippen MR) is 127 cm³/mol. The maximum Gasteiger partial charge on any atom is 0.261 e. The van der Waals surface area contributed by atoms with E-state index in [0.29, 0.717) is 22.7 Å². The average Bonchev–Trinajstić information content (AvgIpc) is 2.80. The van der Waals surface area contributed by atoms with Crippen LogP contribution in [-0.4, -0.2) is 45.8 Å². The van der Waals surface area contributed by atoms with E-state index in [-0.39, 0.29) is 29.7 Å². The number of carbonyl (C=O) groups excluding carboxylic acids is 2. The van der Waals surface area contributed by atoms with Crippen LogP contribution in [0.1, 0.15) is 5.56 Å². The number of nitrogens with zero attached hydrogens (tertiary/aromatic N) is 1. The largest absolute Gasteiger partial charge is 0.497 e. The SMILES string of the molecule is COc1cccc(NC(=O)CN(C)C(=O)Cc2ccc(NS(=O)(=O)c3ccc(F)cc3)cc2)c1. The van der Waals surface area contributed by atoms with Gasteiger partial charge in [-0.1, -0.05) is 18.2 Å². The van der Waals surface area contributed by atoms with Crippen molar-refractivity contribution in [2.75, 3.05) is 30.7 Å². The first-order valence-corrected chi connectivity index (χ1v) is 11.7. The molecule has 0 fully saturated rings. The number of hydrogen-bond acceptors (Lipinski definition) is 5. The molecule has 0 saturated carbocycles. The van der Waals surface area contributed by atoms with Crippen LogP contribution >= 0.6 is 0 Å². The fourth-order valence-electron chi connectivity index (χ4n) is 3.03. The number of nitrogens with one attached hydrogen (secondary N) is 2. The van der Waals surface area contributed by atoms with Gasteiger partial charge in [0, 0.05) is 24.5 Å². The van der Waals surface area contributed by atoms with Gasteiger partial charge in [-0.05, 0) is 54.1 Å². The van der Waals surface area contributed by atoms with Crippen LogP contribution in [0.25, 0.3) is 0 Å². The van der Waals surface area contributed by atoms with E-state index in [2.05, 4.69) is 10.0 Å². The van der Waals surface area contributed by atoms with E-state index in [1.807, 2.05) is 0 Å². The number of likely N-dealkylation sites (N-methyl/N-ethyl adjacent to an activating group) is 1. The molecule has 0 unspecified atom stereocenters. The van der Waals surface area contributed by atoms with E-state index in [4.69, 9.17) is 4.74 Å². The first kappa shape index (κ1) is 24.7. The van der Waals surface area contributed by atoms with Crippen LogP contribution in [0.5, 0.6) is 5.75 Å². The molecule has 0 bridgehead atoms. The predicted octanol–water partition coefficient (Wildman–Crippen LogP) is 3.27. The molecule has 0 heterocycles. The normalized spacial score (nSPS) is 10.9. The van der Waals surface area contributed by atoms with E-state index >= 15 is 0 Å². The summed E-state index contributed by atoms with van der Waals surface area (Å²) in [5.74, 6) is -0.559. The van der Waals surface area contributed by atoms with Gasteiger partial charge in [0.1, 0.15) is 11.6 Å². The van der Waals surface area contributed by atoms with Gasteiger partial charge in [0.05, 0.1) is 25.0 Å². The van der Waals surface area contributed by atoms with Crippen LogP contribution in [0.4, 0.5) is 15.8 Å². The first-order valence-electron chi connectivity index (χ1n) is 10.2. The molecular weight excluding hydrogens is 461 g/mol. The summed E-state index contributed by atoms with van der Waals surface area (Å²) in [5.41, 5.74) is 1.50. The van der Waals surface area contributed by atoms with Gasteiger partial charge in [0.2, 0.25) is 11.8 Å². The minimum Gasteiger partial charge on any atom is -0.497 e. The van der Waals surface area contributed by atoms with Crippen LogP contribution in [-0.2, 0) is 26.0 Å². The number of carbonyl (C=O) groups is 2. The molecule has 0 aliphatic carbocycles. The minimum absolute atomic E-state index is 0.0356. The molecule has 8 nitrogen and oxygen atoms in total. The van der Waals surface area contributed by atoms with E-state index in [9.17, 15) is 22.4 Å². The Bertz CT molecular complexity index is 1260. The summed E-state index contributed by atoms with van der Waals surface area (Å²) in [4.78, 5) is 26.0. The molecule has 0 saturated heterocycles. The zero-order valence-corrected chi connectivity index (χ0v) is 19.4. The van der Waals surface area contributed by atoms with Crippen LogP contribution in [0.2, 0.25) is 0 Å². The molecule has 0 aliphatic heterocycles. The Balaban J connectivity index is 1.54. The standard InChI is InChI=1S/C24H24FN3O5S/c1-28(16-23(29)26-20-4-3-5-21(15-20)33-2)24(30)14-17-6-10-19(11-7-17)27-34(31,32)22-12-8-18(25)9-13-22/h3-13,15,27H,14,16H2,1-2H3,(H,26,29). The Labute approximate surface area is 197 Å². The molecule has 3 aromatic rings. The van der Waals surface area contributed by atoms with Crippen LogP contribution in [0.3, 0.4) is 0 Å². The molecule has 178 valence electrons. The number of sulfonamides is 1. The zero-order chi connectivity index (χ0) is 24.7. The molecule has 2 amide bonds. The van der Waals surface area contributed by atoms with Crippen molar-refractivity contribution < 1.29 is 27.1 Å². The third-order valence-corrected chi connectivity index (χ3v) is 6.24. The quantitative estimate of drug-likeness (QED) is 0.484. The maximum absolute atomic E-state index is 13.0. The Kier molecular flexibility index (Phi) is 7.85. The number of hydrogen-bond donors (Lipinski definition) is 2. The maximum atomic E-state index is 13.0. The molecule has 3 rings (SSSR count). The number of methoxy groups -OCH3 is 1. The van der Waals surface area contributed by atoms with Crippen LogP contribution in [0.15, 0.2) is 77.7 Å². The van der Waals surface area contributed by atoms with Crippen molar-refractivity contribution in [3.8, 4) is 5.75 Å². The lowest BCUT2D eigenvalue weighted by Gasteiger charge is -2.17. The number of rotatable bonds is 9. The number of ether oxygens (including phenoxy) is 1. The third-order valence-electron chi connectivity index (χ3n) is 4.85. The molecule has 0 aliphatic rings. The highest BCUT2D eigenvalue weighted by molar-refractivity contribution is 7.92. The van der Waals surface area contributed by atoms with Crippen LogP contribution < -0.4 is 14.8 Å². The van der Waals surface area contributed by atoms with E-state index in [0.717, 1.165) is 12.1 Å². The Morgan fingerprint density at radius 2 is 1.65 bits per heavy atom. The molecular formula is C24H24FN3O5S. The molecule has 0 spiro atoms. The summed E-state index contributed by atoms with van der Waals surface area (Å²) in [6.07, 6.45) is 0.0356. The van der Waals surface area contributed by atoms with Crippen molar-refractivity contribution in [2.45, 2.75) is 11.3 Å². The molecule has 10 heteroatoms. The number of anilines is 2. The molecule has 0 atom stereocenters. The van der Waals surface area contributed by atoms with Crippen molar-refractivity contribution in [1.29, 1.82) is 0 Å². The number of halogens is 1. The second-order valence-corrected chi connectivity index (χ2v) is 9.15. The lowest BCUT2D eigenvalue weighted by molar-refractivity contribution is -0.132. The van der Waals surface area contributed by atoms with Crippen molar-refractivity contribution in [2.24, 2.45) is 0 Å². The first-order chi connectivity index (χ1) is 16.2. The fraction of sp³-hybridized carbons (Fsp3) is 0.167. The highest BCUT2D eigenvalue weighted by atomic mass is 32.2. The lowest BCUT2D eigenvalue weighted by Crippen LogP contribution is -2.35. The molecule has 3 aromatic carbocycles. The summed E-state index contributed by atoms with van der Waals surface area (Å²) < 4.78 is 45.3. The van der Waals surface area contributed by atoms with Gasteiger partial charge in [-0.3, -0.25) is 14.3 Å². The summed E-state index contributed by atoms with van der Waals surface area (Å²) in [6.45, 7) is -0.133.